The maximum atomic E-state index is 10.3. The molecule has 4 heteroatoms. The van der Waals surface area contributed by atoms with Crippen molar-refractivity contribution in [2.45, 2.75) is 32.1 Å². The summed E-state index contributed by atoms with van der Waals surface area (Å²) in [6.45, 7) is 0.960. The number of unbranched alkanes of at least 4 members (excludes halogenated alkanes) is 2. The number of nitrogens with zero attached hydrogens (tertiary/aromatic N) is 1. The summed E-state index contributed by atoms with van der Waals surface area (Å²) in [7, 11) is 0. The highest BCUT2D eigenvalue weighted by atomic mass is 16.5. The maximum Gasteiger partial charge on any atom is 0.305 e. The summed E-state index contributed by atoms with van der Waals surface area (Å²) in [5, 5.41) is 9.66. The van der Waals surface area contributed by atoms with Gasteiger partial charge in [-0.05, 0) is 43.0 Å². The number of aryl methyl sites for hydroxylation is 1. The van der Waals surface area contributed by atoms with E-state index in [2.05, 4.69) is 29.2 Å². The van der Waals surface area contributed by atoms with Gasteiger partial charge >= 0.3 is 5.97 Å². The average Bonchev–Trinajstić information content (AvgIpc) is 2.49. The van der Waals surface area contributed by atoms with Crippen molar-refractivity contribution in [2.24, 2.45) is 0 Å². The summed E-state index contributed by atoms with van der Waals surface area (Å²) < 4.78 is 5.27. The number of aliphatic carboxylic acids is 1. The second kappa shape index (κ2) is 8.37. The first-order valence-electron chi connectivity index (χ1n) is 7.39. The third kappa shape index (κ3) is 5.52. The van der Waals surface area contributed by atoms with Crippen molar-refractivity contribution in [2.75, 3.05) is 13.2 Å². The Kier molecular flexibility index (Phi) is 6.16. The Morgan fingerprint density at radius 1 is 1.14 bits per heavy atom. The minimum atomic E-state index is -0.805. The van der Waals surface area contributed by atoms with E-state index in [1.165, 1.54) is 10.9 Å². The van der Waals surface area contributed by atoms with Gasteiger partial charge in [0.15, 0.2) is 0 Å². The van der Waals surface area contributed by atoms with Crippen LogP contribution in [0.25, 0.3) is 10.9 Å². The van der Waals surface area contributed by atoms with E-state index in [-0.39, 0.29) is 6.42 Å². The number of fused-ring (bicyclic) bond motifs is 1. The number of carboxylic acids is 1. The van der Waals surface area contributed by atoms with Gasteiger partial charge in [0.1, 0.15) is 0 Å². The summed E-state index contributed by atoms with van der Waals surface area (Å²) in [6.07, 6.45) is 6.15. The van der Waals surface area contributed by atoms with E-state index in [1.807, 2.05) is 12.3 Å². The number of ether oxygens (including phenoxy) is 1. The fraction of sp³-hybridized carbons (Fsp3) is 0.412. The SMILES string of the molecule is O=C(O)CCOCCCCCc1ccc2ncccc2c1. The molecule has 0 aliphatic carbocycles. The van der Waals surface area contributed by atoms with E-state index in [0.717, 1.165) is 31.2 Å². The van der Waals surface area contributed by atoms with E-state index >= 15 is 0 Å². The number of hydrogen-bond donors (Lipinski definition) is 1. The summed E-state index contributed by atoms with van der Waals surface area (Å²) in [5.74, 6) is -0.805. The van der Waals surface area contributed by atoms with Crippen LogP contribution in [-0.2, 0) is 16.0 Å². The van der Waals surface area contributed by atoms with E-state index in [0.29, 0.717) is 13.2 Å². The number of carbonyl (C=O) groups is 1. The minimum absolute atomic E-state index is 0.0884. The lowest BCUT2D eigenvalue weighted by molar-refractivity contribution is -0.138. The Morgan fingerprint density at radius 3 is 2.90 bits per heavy atom. The summed E-state index contributed by atoms with van der Waals surface area (Å²) in [5.41, 5.74) is 2.37. The van der Waals surface area contributed by atoms with Crippen LogP contribution in [0.15, 0.2) is 36.5 Å². The molecule has 0 saturated carbocycles. The molecule has 1 heterocycles. The Balaban J connectivity index is 1.62. The number of aromatic nitrogens is 1. The molecular formula is C17H21NO3. The van der Waals surface area contributed by atoms with Crippen LogP contribution in [0, 0.1) is 0 Å². The van der Waals surface area contributed by atoms with Crippen LogP contribution in [0.1, 0.15) is 31.2 Å². The second-order valence-corrected chi connectivity index (χ2v) is 5.10. The molecule has 0 atom stereocenters. The highest BCUT2D eigenvalue weighted by Gasteiger charge is 1.99. The fourth-order valence-electron chi connectivity index (χ4n) is 2.25. The molecule has 0 spiro atoms. The van der Waals surface area contributed by atoms with Crippen LogP contribution in [0.5, 0.6) is 0 Å². The van der Waals surface area contributed by atoms with Gasteiger partial charge in [0.05, 0.1) is 18.5 Å². The normalized spacial score (nSPS) is 10.9. The quantitative estimate of drug-likeness (QED) is 0.718. The lowest BCUT2D eigenvalue weighted by Gasteiger charge is -2.04. The fourth-order valence-corrected chi connectivity index (χ4v) is 2.25. The van der Waals surface area contributed by atoms with Gasteiger partial charge < -0.3 is 9.84 Å². The molecule has 0 bridgehead atoms. The molecule has 0 aliphatic rings. The molecule has 1 aromatic heterocycles. The van der Waals surface area contributed by atoms with Gasteiger partial charge in [-0.15, -0.1) is 0 Å². The number of rotatable bonds is 9. The van der Waals surface area contributed by atoms with Crippen LogP contribution in [0.3, 0.4) is 0 Å². The molecule has 0 radical (unpaired) electrons. The molecule has 0 unspecified atom stereocenters. The molecule has 4 nitrogen and oxygen atoms in total. The van der Waals surface area contributed by atoms with Crippen molar-refractivity contribution in [3.63, 3.8) is 0 Å². The molecule has 2 rings (SSSR count). The van der Waals surface area contributed by atoms with Crippen molar-refractivity contribution in [1.82, 2.24) is 4.98 Å². The smallest absolute Gasteiger partial charge is 0.305 e. The van der Waals surface area contributed by atoms with E-state index < -0.39 is 5.97 Å². The zero-order valence-electron chi connectivity index (χ0n) is 12.1. The van der Waals surface area contributed by atoms with Gasteiger partial charge in [-0.1, -0.05) is 18.6 Å². The molecule has 112 valence electrons. The number of carboxylic acid groups (broad SMARTS) is 1. The molecule has 1 N–H and O–H groups in total. The topological polar surface area (TPSA) is 59.4 Å². The van der Waals surface area contributed by atoms with Crippen LogP contribution in [0.4, 0.5) is 0 Å². The van der Waals surface area contributed by atoms with Crippen molar-refractivity contribution in [3.8, 4) is 0 Å². The molecule has 2 aromatic rings. The molecule has 0 fully saturated rings. The highest BCUT2D eigenvalue weighted by Crippen LogP contribution is 2.15. The Bertz CT molecular complexity index is 583. The first-order valence-corrected chi connectivity index (χ1v) is 7.39. The number of pyridine rings is 1. The largest absolute Gasteiger partial charge is 0.481 e. The number of hydrogen-bond acceptors (Lipinski definition) is 3. The monoisotopic (exact) mass is 287 g/mol. The third-order valence-electron chi connectivity index (χ3n) is 3.38. The van der Waals surface area contributed by atoms with Crippen LogP contribution in [-0.4, -0.2) is 29.3 Å². The molecular weight excluding hydrogens is 266 g/mol. The van der Waals surface area contributed by atoms with Gasteiger partial charge in [-0.3, -0.25) is 9.78 Å². The van der Waals surface area contributed by atoms with Crippen molar-refractivity contribution in [1.29, 1.82) is 0 Å². The summed E-state index contributed by atoms with van der Waals surface area (Å²) in [6, 6.07) is 10.5. The third-order valence-corrected chi connectivity index (χ3v) is 3.38. The maximum absolute atomic E-state index is 10.3. The average molecular weight is 287 g/mol. The van der Waals surface area contributed by atoms with Crippen molar-refractivity contribution >= 4 is 16.9 Å². The van der Waals surface area contributed by atoms with E-state index in [9.17, 15) is 4.79 Å². The first-order chi connectivity index (χ1) is 10.3. The zero-order valence-corrected chi connectivity index (χ0v) is 12.1. The molecule has 0 aliphatic heterocycles. The highest BCUT2D eigenvalue weighted by molar-refractivity contribution is 5.78. The summed E-state index contributed by atoms with van der Waals surface area (Å²) in [4.78, 5) is 14.6. The van der Waals surface area contributed by atoms with Crippen molar-refractivity contribution in [3.05, 3.63) is 42.1 Å². The Labute approximate surface area is 124 Å². The lowest BCUT2D eigenvalue weighted by Crippen LogP contribution is -2.03. The lowest BCUT2D eigenvalue weighted by atomic mass is 10.0. The molecule has 0 saturated heterocycles. The van der Waals surface area contributed by atoms with Crippen LogP contribution < -0.4 is 0 Å². The second-order valence-electron chi connectivity index (χ2n) is 5.10. The van der Waals surface area contributed by atoms with Gasteiger partial charge in [0.25, 0.3) is 0 Å². The predicted octanol–water partition coefficient (Wildman–Crippen LogP) is 3.44. The van der Waals surface area contributed by atoms with Gasteiger partial charge in [-0.25, -0.2) is 0 Å². The molecule has 1 aromatic carbocycles. The van der Waals surface area contributed by atoms with Gasteiger partial charge in [-0.2, -0.15) is 0 Å². The standard InChI is InChI=1S/C17H21NO3/c19-17(20)9-12-21-11-3-1-2-5-14-7-8-16-15(13-14)6-4-10-18-16/h4,6-8,10,13H,1-3,5,9,11-12H2,(H,19,20). The predicted molar refractivity (Wildman–Crippen MR) is 82.4 cm³/mol. The number of benzene rings is 1. The Hall–Kier alpha value is -1.94. The van der Waals surface area contributed by atoms with Crippen molar-refractivity contribution < 1.29 is 14.6 Å². The summed E-state index contributed by atoms with van der Waals surface area (Å²) >= 11 is 0. The minimum Gasteiger partial charge on any atom is -0.481 e. The zero-order chi connectivity index (χ0) is 14.9. The van der Waals surface area contributed by atoms with Crippen LogP contribution >= 0.6 is 0 Å². The first kappa shape index (κ1) is 15.4. The molecule has 0 amide bonds. The van der Waals surface area contributed by atoms with Gasteiger partial charge in [0, 0.05) is 18.2 Å². The molecule has 21 heavy (non-hydrogen) atoms. The van der Waals surface area contributed by atoms with E-state index in [4.69, 9.17) is 9.84 Å². The Morgan fingerprint density at radius 2 is 2.05 bits per heavy atom. The van der Waals surface area contributed by atoms with Gasteiger partial charge in [0.2, 0.25) is 0 Å². The van der Waals surface area contributed by atoms with E-state index in [1.54, 1.807) is 0 Å². The van der Waals surface area contributed by atoms with Crippen LogP contribution in [0.2, 0.25) is 0 Å².